The minimum absolute atomic E-state index is 0.0813. The lowest BCUT2D eigenvalue weighted by atomic mass is 9.94. The van der Waals surface area contributed by atoms with E-state index < -0.39 is 14.6 Å². The molecule has 1 aromatic carbocycles. The fourth-order valence-corrected chi connectivity index (χ4v) is 3.79. The molecule has 2 atom stereocenters. The molecule has 1 heterocycles. The predicted molar refractivity (Wildman–Crippen MR) is 101 cm³/mol. The molecule has 0 spiro atoms. The second-order valence-corrected chi connectivity index (χ2v) is 13.1. The Morgan fingerprint density at radius 2 is 1.96 bits per heavy atom. The van der Waals surface area contributed by atoms with Crippen LogP contribution in [0.3, 0.4) is 0 Å². The van der Waals surface area contributed by atoms with Gasteiger partial charge in [-0.1, -0.05) is 20.8 Å². The Morgan fingerprint density at radius 1 is 1.32 bits per heavy atom. The smallest absolute Gasteiger partial charge is 0.250 e. The highest BCUT2D eigenvalue weighted by atomic mass is 28.4. The van der Waals surface area contributed by atoms with Crippen molar-refractivity contribution in [2.45, 2.75) is 71.6 Å². The summed E-state index contributed by atoms with van der Waals surface area (Å²) in [5.41, 5.74) is 2.55. The fourth-order valence-electron chi connectivity index (χ4n) is 2.76. The molecule has 0 bridgehead atoms. The van der Waals surface area contributed by atoms with Gasteiger partial charge in [-0.15, -0.1) is 0 Å². The second kappa shape index (κ2) is 7.27. The van der Waals surface area contributed by atoms with Gasteiger partial charge in [0.15, 0.2) is 13.1 Å². The number of aliphatic hydroxyl groups excluding tert-OH is 1. The number of hydrogen-bond acceptors (Lipinski definition) is 5. The van der Waals surface area contributed by atoms with Crippen molar-refractivity contribution in [3.63, 3.8) is 0 Å². The van der Waals surface area contributed by atoms with Gasteiger partial charge in [0.05, 0.1) is 11.7 Å². The van der Waals surface area contributed by atoms with E-state index in [9.17, 15) is 5.11 Å². The Bertz CT molecular complexity index is 621. The van der Waals surface area contributed by atoms with Crippen molar-refractivity contribution in [1.29, 1.82) is 0 Å². The molecule has 5 nitrogen and oxygen atoms in total. The summed E-state index contributed by atoms with van der Waals surface area (Å²) in [4.78, 5) is 0. The summed E-state index contributed by atoms with van der Waals surface area (Å²) in [5, 5.41) is 10.6. The van der Waals surface area contributed by atoms with Crippen LogP contribution in [-0.2, 0) is 15.9 Å². The van der Waals surface area contributed by atoms with Gasteiger partial charge in [0.25, 0.3) is 0 Å². The standard InChI is InChI=1S/C19H32O5Si/c1-12-9-15(24-25(7,8)19(3,4)5)14-10-13(2)23-18(20)16(14)17(12)22-11-21-6/h9,13,18,20H,10-11H2,1-8H3. The van der Waals surface area contributed by atoms with E-state index in [0.29, 0.717) is 17.7 Å². The first-order valence-electron chi connectivity index (χ1n) is 8.78. The van der Waals surface area contributed by atoms with Gasteiger partial charge in [0, 0.05) is 19.1 Å². The number of ether oxygens (including phenoxy) is 3. The maximum Gasteiger partial charge on any atom is 0.250 e. The van der Waals surface area contributed by atoms with Crippen molar-refractivity contribution < 1.29 is 23.7 Å². The maximum atomic E-state index is 10.5. The van der Waals surface area contributed by atoms with Gasteiger partial charge in [-0.3, -0.25) is 0 Å². The number of benzene rings is 1. The van der Waals surface area contributed by atoms with E-state index in [1.165, 1.54) is 0 Å². The molecule has 142 valence electrons. The van der Waals surface area contributed by atoms with Gasteiger partial charge < -0.3 is 23.7 Å². The zero-order valence-electron chi connectivity index (χ0n) is 16.7. The van der Waals surface area contributed by atoms with Gasteiger partial charge in [0.2, 0.25) is 8.32 Å². The molecule has 0 amide bonds. The van der Waals surface area contributed by atoms with E-state index in [-0.39, 0.29) is 17.9 Å². The van der Waals surface area contributed by atoms with Crippen LogP contribution in [0, 0.1) is 6.92 Å². The molecule has 0 aromatic heterocycles. The molecule has 0 aliphatic carbocycles. The molecule has 2 unspecified atom stereocenters. The Kier molecular flexibility index (Phi) is 5.88. The van der Waals surface area contributed by atoms with Crippen molar-refractivity contribution in [1.82, 2.24) is 0 Å². The van der Waals surface area contributed by atoms with E-state index >= 15 is 0 Å². The van der Waals surface area contributed by atoms with Crippen molar-refractivity contribution in [3.05, 3.63) is 22.8 Å². The predicted octanol–water partition coefficient (Wildman–Crippen LogP) is 4.31. The second-order valence-electron chi connectivity index (χ2n) is 8.33. The van der Waals surface area contributed by atoms with E-state index in [1.54, 1.807) is 7.11 Å². The highest BCUT2D eigenvalue weighted by molar-refractivity contribution is 6.74. The number of hydrogen-bond donors (Lipinski definition) is 1. The number of aliphatic hydroxyl groups is 1. The lowest BCUT2D eigenvalue weighted by Crippen LogP contribution is -2.44. The van der Waals surface area contributed by atoms with Crippen LogP contribution >= 0.6 is 0 Å². The third-order valence-corrected chi connectivity index (χ3v) is 9.51. The average molecular weight is 369 g/mol. The zero-order valence-corrected chi connectivity index (χ0v) is 17.7. The first-order valence-corrected chi connectivity index (χ1v) is 11.7. The molecule has 0 radical (unpaired) electrons. The van der Waals surface area contributed by atoms with Crippen LogP contribution in [0.5, 0.6) is 11.5 Å². The molecule has 1 aromatic rings. The summed E-state index contributed by atoms with van der Waals surface area (Å²) in [5.74, 6) is 1.47. The Morgan fingerprint density at radius 3 is 2.52 bits per heavy atom. The van der Waals surface area contributed by atoms with E-state index in [2.05, 4.69) is 33.9 Å². The molecular formula is C19H32O5Si. The fraction of sp³-hybridized carbons (Fsp3) is 0.684. The van der Waals surface area contributed by atoms with Crippen molar-refractivity contribution in [2.24, 2.45) is 0 Å². The van der Waals surface area contributed by atoms with Crippen LogP contribution in [-0.4, -0.2) is 33.4 Å². The number of aryl methyl sites for hydroxylation is 1. The maximum absolute atomic E-state index is 10.5. The van der Waals surface area contributed by atoms with Gasteiger partial charge in [0.1, 0.15) is 11.5 Å². The monoisotopic (exact) mass is 368 g/mol. The van der Waals surface area contributed by atoms with Crippen molar-refractivity contribution in [2.75, 3.05) is 13.9 Å². The van der Waals surface area contributed by atoms with Crippen LogP contribution < -0.4 is 9.16 Å². The zero-order chi connectivity index (χ0) is 19.0. The Balaban J connectivity index is 2.55. The summed E-state index contributed by atoms with van der Waals surface area (Å²) in [6.45, 7) is 15.1. The van der Waals surface area contributed by atoms with Crippen molar-refractivity contribution in [3.8, 4) is 11.5 Å². The number of fused-ring (bicyclic) bond motifs is 1. The molecule has 1 aliphatic rings. The highest BCUT2D eigenvalue weighted by Gasteiger charge is 2.41. The van der Waals surface area contributed by atoms with Crippen LogP contribution in [0.1, 0.15) is 50.7 Å². The van der Waals surface area contributed by atoms with Crippen LogP contribution in [0.2, 0.25) is 18.1 Å². The van der Waals surface area contributed by atoms with Gasteiger partial charge in [-0.2, -0.15) is 0 Å². The summed E-state index contributed by atoms with van der Waals surface area (Å²) >= 11 is 0. The Labute approximate surface area is 152 Å². The molecule has 1 N–H and O–H groups in total. The average Bonchev–Trinajstić information content (AvgIpc) is 2.45. The van der Waals surface area contributed by atoms with Gasteiger partial charge in [-0.05, 0) is 43.6 Å². The minimum atomic E-state index is -2.00. The summed E-state index contributed by atoms with van der Waals surface area (Å²) in [6, 6.07) is 2.02. The molecular weight excluding hydrogens is 336 g/mol. The quantitative estimate of drug-likeness (QED) is 0.620. The normalized spacial score (nSPS) is 21.0. The van der Waals surface area contributed by atoms with Crippen LogP contribution in [0.15, 0.2) is 6.07 Å². The molecule has 0 saturated heterocycles. The van der Waals surface area contributed by atoms with Crippen LogP contribution in [0.4, 0.5) is 0 Å². The molecule has 0 saturated carbocycles. The number of methoxy groups -OCH3 is 1. The largest absolute Gasteiger partial charge is 0.543 e. The molecule has 6 heteroatoms. The molecule has 2 rings (SSSR count). The summed E-state index contributed by atoms with van der Waals surface area (Å²) in [6.07, 6.45) is -0.422. The minimum Gasteiger partial charge on any atom is -0.543 e. The molecule has 0 fully saturated rings. The van der Waals surface area contributed by atoms with Gasteiger partial charge >= 0.3 is 0 Å². The lowest BCUT2D eigenvalue weighted by molar-refractivity contribution is -0.145. The van der Waals surface area contributed by atoms with Crippen molar-refractivity contribution >= 4 is 8.32 Å². The first-order chi connectivity index (χ1) is 11.5. The highest BCUT2D eigenvalue weighted by Crippen LogP contribution is 2.45. The Hall–Kier alpha value is -1.08. The molecule has 1 aliphatic heterocycles. The summed E-state index contributed by atoms with van der Waals surface area (Å²) < 4.78 is 23.0. The van der Waals surface area contributed by atoms with Gasteiger partial charge in [-0.25, -0.2) is 0 Å². The molecule has 25 heavy (non-hydrogen) atoms. The first kappa shape index (κ1) is 20.2. The third kappa shape index (κ3) is 4.19. The lowest BCUT2D eigenvalue weighted by Gasteiger charge is -2.39. The van der Waals surface area contributed by atoms with Crippen LogP contribution in [0.25, 0.3) is 0 Å². The topological polar surface area (TPSA) is 57.2 Å². The number of rotatable bonds is 5. The summed E-state index contributed by atoms with van der Waals surface area (Å²) in [7, 11) is -0.428. The van der Waals surface area contributed by atoms with E-state index in [4.69, 9.17) is 18.6 Å². The van der Waals surface area contributed by atoms with E-state index in [0.717, 1.165) is 16.9 Å². The third-order valence-electron chi connectivity index (χ3n) is 5.17. The van der Waals surface area contributed by atoms with E-state index in [1.807, 2.05) is 19.9 Å². The SMILES string of the molecule is COCOc1c(C)cc(O[Si](C)(C)C(C)(C)C)c2c1C(O)OC(C)C2.